The Morgan fingerprint density at radius 3 is 2.95 bits per heavy atom. The summed E-state index contributed by atoms with van der Waals surface area (Å²) in [6.07, 6.45) is 3.13. The van der Waals surface area contributed by atoms with Gasteiger partial charge in [-0.15, -0.1) is 0 Å². The highest BCUT2D eigenvalue weighted by molar-refractivity contribution is 5.78. The number of carbonyl (C=O) groups excluding carboxylic acids is 1. The first kappa shape index (κ1) is 16.7. The number of ether oxygens (including phenoxy) is 1. The minimum atomic E-state index is 0.122. The van der Waals surface area contributed by atoms with E-state index in [2.05, 4.69) is 23.2 Å². The molecule has 0 unspecified atom stereocenters. The van der Waals surface area contributed by atoms with Crippen LogP contribution in [-0.2, 0) is 4.79 Å². The van der Waals surface area contributed by atoms with Gasteiger partial charge in [-0.1, -0.05) is 32.4 Å². The van der Waals surface area contributed by atoms with Gasteiger partial charge in [-0.25, -0.2) is 0 Å². The maximum atomic E-state index is 12.0. The van der Waals surface area contributed by atoms with E-state index in [9.17, 15) is 4.79 Å². The second-order valence-electron chi connectivity index (χ2n) is 6.21. The molecule has 22 heavy (non-hydrogen) atoms. The lowest BCUT2D eigenvalue weighted by molar-refractivity contribution is -0.124. The van der Waals surface area contributed by atoms with Crippen molar-refractivity contribution in [3.63, 3.8) is 0 Å². The van der Waals surface area contributed by atoms with Crippen molar-refractivity contribution in [1.82, 2.24) is 5.32 Å². The summed E-state index contributed by atoms with van der Waals surface area (Å²) in [6.45, 7) is 6.90. The van der Waals surface area contributed by atoms with Crippen molar-refractivity contribution in [2.75, 3.05) is 31.6 Å². The van der Waals surface area contributed by atoms with E-state index >= 15 is 0 Å². The average molecular weight is 304 g/mol. The fourth-order valence-corrected chi connectivity index (χ4v) is 3.09. The van der Waals surface area contributed by atoms with Crippen LogP contribution in [0, 0.1) is 11.8 Å². The molecule has 2 atom stereocenters. The van der Waals surface area contributed by atoms with Gasteiger partial charge < -0.3 is 15.0 Å². The van der Waals surface area contributed by atoms with Gasteiger partial charge in [0, 0.05) is 25.6 Å². The number of amides is 1. The molecule has 1 fully saturated rings. The normalized spacial score (nSPS) is 19.0. The van der Waals surface area contributed by atoms with E-state index in [-0.39, 0.29) is 11.8 Å². The number of hydrogen-bond acceptors (Lipinski definition) is 3. The Balaban J connectivity index is 1.84. The summed E-state index contributed by atoms with van der Waals surface area (Å²) in [5, 5.41) is 3.11. The van der Waals surface area contributed by atoms with Crippen LogP contribution in [0.25, 0.3) is 0 Å². The van der Waals surface area contributed by atoms with Crippen molar-refractivity contribution in [1.29, 1.82) is 0 Å². The first-order valence-electron chi connectivity index (χ1n) is 8.31. The predicted octanol–water partition coefficient (Wildman–Crippen LogP) is 3.07. The lowest BCUT2D eigenvalue weighted by Crippen LogP contribution is -2.34. The molecule has 2 rings (SSSR count). The highest BCUT2D eigenvalue weighted by Crippen LogP contribution is 2.31. The zero-order valence-electron chi connectivity index (χ0n) is 14.0. The number of carbonyl (C=O) groups is 1. The maximum Gasteiger partial charge on any atom is 0.222 e. The van der Waals surface area contributed by atoms with Gasteiger partial charge in [-0.3, -0.25) is 4.79 Å². The third-order valence-electron chi connectivity index (χ3n) is 4.45. The van der Waals surface area contributed by atoms with Crippen LogP contribution in [0.1, 0.15) is 33.1 Å². The smallest absolute Gasteiger partial charge is 0.222 e. The van der Waals surface area contributed by atoms with Crippen molar-refractivity contribution < 1.29 is 9.53 Å². The molecule has 0 aliphatic carbocycles. The molecule has 0 spiro atoms. The van der Waals surface area contributed by atoms with Crippen LogP contribution in [-0.4, -0.2) is 32.7 Å². The summed E-state index contributed by atoms with van der Waals surface area (Å²) in [5.41, 5.74) is 1.15. The summed E-state index contributed by atoms with van der Waals surface area (Å²) in [7, 11) is 1.71. The molecule has 1 aromatic carbocycles. The Kier molecular flexibility index (Phi) is 6.10. The van der Waals surface area contributed by atoms with E-state index in [1.54, 1.807) is 7.11 Å². The van der Waals surface area contributed by atoms with E-state index in [0.29, 0.717) is 5.92 Å². The molecule has 0 saturated carbocycles. The largest absolute Gasteiger partial charge is 0.495 e. The van der Waals surface area contributed by atoms with Crippen LogP contribution in [0.2, 0.25) is 0 Å². The molecule has 1 aromatic rings. The van der Waals surface area contributed by atoms with Crippen LogP contribution >= 0.6 is 0 Å². The van der Waals surface area contributed by atoms with Crippen molar-refractivity contribution >= 4 is 11.6 Å². The van der Waals surface area contributed by atoms with Gasteiger partial charge in [-0.2, -0.15) is 0 Å². The maximum absolute atomic E-state index is 12.0. The molecule has 0 bridgehead atoms. The number of para-hydroxylation sites is 2. The van der Waals surface area contributed by atoms with Gasteiger partial charge in [0.2, 0.25) is 5.91 Å². The molecule has 0 radical (unpaired) electrons. The summed E-state index contributed by atoms with van der Waals surface area (Å²) >= 11 is 0. The SMILES string of the molecule is CCC[C@H](C)C(=O)NC[C@@H]1CCN(c2ccccc2OC)C1. The summed E-state index contributed by atoms with van der Waals surface area (Å²) in [4.78, 5) is 14.3. The standard InChI is InChI=1S/C18H28N2O2/c1-4-7-14(2)18(21)19-12-15-10-11-20(13-15)16-8-5-6-9-17(16)22-3/h5-6,8-9,14-15H,4,7,10-13H2,1-3H3,(H,19,21)/t14-,15-/m0/s1. The van der Waals surface area contributed by atoms with Crippen LogP contribution in [0.15, 0.2) is 24.3 Å². The number of nitrogens with zero attached hydrogens (tertiary/aromatic N) is 1. The first-order chi connectivity index (χ1) is 10.7. The quantitative estimate of drug-likeness (QED) is 0.841. The minimum absolute atomic E-state index is 0.122. The van der Waals surface area contributed by atoms with Crippen LogP contribution in [0.3, 0.4) is 0 Å². The molecule has 1 N–H and O–H groups in total. The Morgan fingerprint density at radius 1 is 1.45 bits per heavy atom. The third-order valence-corrected chi connectivity index (χ3v) is 4.45. The lowest BCUT2D eigenvalue weighted by Gasteiger charge is -2.21. The van der Waals surface area contributed by atoms with E-state index in [1.165, 1.54) is 0 Å². The zero-order chi connectivity index (χ0) is 15.9. The first-order valence-corrected chi connectivity index (χ1v) is 8.31. The number of methoxy groups -OCH3 is 1. The Hall–Kier alpha value is -1.71. The number of anilines is 1. The second kappa shape index (κ2) is 8.06. The van der Waals surface area contributed by atoms with Crippen LogP contribution < -0.4 is 15.0 Å². The van der Waals surface area contributed by atoms with E-state index in [1.807, 2.05) is 25.1 Å². The molecule has 0 aromatic heterocycles. The third kappa shape index (κ3) is 4.15. The predicted molar refractivity (Wildman–Crippen MR) is 90.4 cm³/mol. The fraction of sp³-hybridized carbons (Fsp3) is 0.611. The monoisotopic (exact) mass is 304 g/mol. The van der Waals surface area contributed by atoms with Gasteiger partial charge >= 0.3 is 0 Å². The van der Waals surface area contributed by atoms with Crippen molar-refractivity contribution in [2.24, 2.45) is 11.8 Å². The molecule has 122 valence electrons. The molecule has 4 nitrogen and oxygen atoms in total. The average Bonchev–Trinajstić information content (AvgIpc) is 3.01. The van der Waals surface area contributed by atoms with Crippen molar-refractivity contribution in [3.05, 3.63) is 24.3 Å². The fourth-order valence-electron chi connectivity index (χ4n) is 3.09. The molecule has 4 heteroatoms. The van der Waals surface area contributed by atoms with Crippen molar-refractivity contribution in [3.8, 4) is 5.75 Å². The molecule has 1 aliphatic heterocycles. The van der Waals surface area contributed by atoms with Gasteiger partial charge in [0.05, 0.1) is 12.8 Å². The van der Waals surface area contributed by atoms with E-state index in [0.717, 1.165) is 50.3 Å². The highest BCUT2D eigenvalue weighted by atomic mass is 16.5. The Labute approximate surface area is 133 Å². The zero-order valence-corrected chi connectivity index (χ0v) is 14.0. The molecule has 1 amide bonds. The lowest BCUT2D eigenvalue weighted by atomic mass is 10.0. The van der Waals surface area contributed by atoms with E-state index < -0.39 is 0 Å². The van der Waals surface area contributed by atoms with Gasteiger partial charge in [0.15, 0.2) is 0 Å². The number of nitrogens with one attached hydrogen (secondary N) is 1. The Bertz CT molecular complexity index is 490. The van der Waals surface area contributed by atoms with Gasteiger partial charge in [-0.05, 0) is 30.9 Å². The summed E-state index contributed by atoms with van der Waals surface area (Å²) in [6, 6.07) is 8.13. The number of hydrogen-bond donors (Lipinski definition) is 1. The molecule has 1 heterocycles. The summed E-state index contributed by atoms with van der Waals surface area (Å²) in [5.74, 6) is 1.75. The molecule has 1 saturated heterocycles. The number of rotatable bonds is 7. The van der Waals surface area contributed by atoms with Gasteiger partial charge in [0.1, 0.15) is 5.75 Å². The minimum Gasteiger partial charge on any atom is -0.495 e. The molecule has 1 aliphatic rings. The van der Waals surface area contributed by atoms with Crippen LogP contribution in [0.5, 0.6) is 5.75 Å². The Morgan fingerprint density at radius 2 is 2.23 bits per heavy atom. The van der Waals surface area contributed by atoms with Gasteiger partial charge in [0.25, 0.3) is 0 Å². The topological polar surface area (TPSA) is 41.6 Å². The molecular weight excluding hydrogens is 276 g/mol. The van der Waals surface area contributed by atoms with E-state index in [4.69, 9.17) is 4.74 Å². The second-order valence-corrected chi connectivity index (χ2v) is 6.21. The summed E-state index contributed by atoms with van der Waals surface area (Å²) < 4.78 is 5.44. The molecular formula is C18H28N2O2. The van der Waals surface area contributed by atoms with Crippen molar-refractivity contribution in [2.45, 2.75) is 33.1 Å². The highest BCUT2D eigenvalue weighted by Gasteiger charge is 2.25. The van der Waals surface area contributed by atoms with Crippen LogP contribution in [0.4, 0.5) is 5.69 Å². The number of benzene rings is 1.